The first-order chi connectivity index (χ1) is 15.8. The highest BCUT2D eigenvalue weighted by molar-refractivity contribution is 7.99. The third-order valence-electron chi connectivity index (χ3n) is 5.87. The van der Waals surface area contributed by atoms with E-state index in [1.54, 1.807) is 41.8 Å². The second kappa shape index (κ2) is 12.9. The van der Waals surface area contributed by atoms with Crippen LogP contribution in [-0.2, 0) is 16.1 Å². The fourth-order valence-electron chi connectivity index (χ4n) is 3.92. The fraction of sp³-hybridized carbons (Fsp3) is 0.440. The summed E-state index contributed by atoms with van der Waals surface area (Å²) in [6.07, 6.45) is 5.77. The lowest BCUT2D eigenvalue weighted by molar-refractivity contribution is -0.140. The Balaban J connectivity index is 1.68. The van der Waals surface area contributed by atoms with Gasteiger partial charge in [0.2, 0.25) is 11.8 Å². The first kappa shape index (κ1) is 26.2. The number of thioether (sulfide) groups is 1. The Kier molecular flexibility index (Phi) is 10.2. The number of benzene rings is 2. The molecule has 0 aliphatic heterocycles. The summed E-state index contributed by atoms with van der Waals surface area (Å²) < 4.78 is 0. The molecule has 0 spiro atoms. The third-order valence-corrected chi connectivity index (χ3v) is 7.73. The van der Waals surface area contributed by atoms with Crippen molar-refractivity contribution in [1.29, 1.82) is 0 Å². The molecule has 1 aliphatic rings. The quantitative estimate of drug-likeness (QED) is 0.357. The van der Waals surface area contributed by atoms with Crippen molar-refractivity contribution in [3.63, 3.8) is 0 Å². The van der Waals surface area contributed by atoms with Gasteiger partial charge in [0, 0.05) is 44.7 Å². The van der Waals surface area contributed by atoms with Crippen molar-refractivity contribution in [3.05, 3.63) is 63.1 Å². The van der Waals surface area contributed by atoms with Gasteiger partial charge in [-0.2, -0.15) is 0 Å². The van der Waals surface area contributed by atoms with Crippen LogP contribution in [0.5, 0.6) is 0 Å². The van der Waals surface area contributed by atoms with Crippen molar-refractivity contribution in [2.24, 2.45) is 0 Å². The smallest absolute Gasteiger partial charge is 0.242 e. The molecule has 4 nitrogen and oxygen atoms in total. The molecule has 1 aliphatic carbocycles. The van der Waals surface area contributed by atoms with Gasteiger partial charge in [0.1, 0.15) is 6.04 Å². The monoisotopic (exact) mass is 526 g/mol. The van der Waals surface area contributed by atoms with Gasteiger partial charge in [-0.15, -0.1) is 11.8 Å². The van der Waals surface area contributed by atoms with Gasteiger partial charge in [-0.05, 0) is 61.7 Å². The molecule has 0 aromatic heterocycles. The number of hydrogen-bond donors (Lipinski definition) is 1. The lowest BCUT2D eigenvalue weighted by atomic mass is 9.95. The highest BCUT2D eigenvalue weighted by Crippen LogP contribution is 2.25. The van der Waals surface area contributed by atoms with Crippen LogP contribution in [0, 0.1) is 0 Å². The van der Waals surface area contributed by atoms with Crippen molar-refractivity contribution < 1.29 is 9.59 Å². The number of carbonyl (C=O) groups is 2. The van der Waals surface area contributed by atoms with Crippen LogP contribution >= 0.6 is 46.6 Å². The number of carbonyl (C=O) groups excluding carboxylic acids is 2. The highest BCUT2D eigenvalue weighted by atomic mass is 35.5. The Morgan fingerprint density at radius 1 is 1.03 bits per heavy atom. The van der Waals surface area contributed by atoms with Crippen LogP contribution in [0.1, 0.15) is 51.0 Å². The molecule has 1 fully saturated rings. The number of nitrogens with zero attached hydrogens (tertiary/aromatic N) is 1. The SMILES string of the molecule is CC(C(=O)NC1CCCCC1)N(Cc1ccc(Cl)cc1Cl)C(=O)CCSc1ccc(Cl)cc1. The van der Waals surface area contributed by atoms with Crippen LogP contribution in [0.3, 0.4) is 0 Å². The Labute approximate surface area is 215 Å². The second-order valence-electron chi connectivity index (χ2n) is 8.33. The molecule has 0 heterocycles. The fourth-order valence-corrected chi connectivity index (χ4v) is 5.35. The van der Waals surface area contributed by atoms with Gasteiger partial charge in [0.05, 0.1) is 0 Å². The van der Waals surface area contributed by atoms with E-state index in [9.17, 15) is 9.59 Å². The molecule has 178 valence electrons. The van der Waals surface area contributed by atoms with Gasteiger partial charge >= 0.3 is 0 Å². The summed E-state index contributed by atoms with van der Waals surface area (Å²) in [5.74, 6) is 0.391. The van der Waals surface area contributed by atoms with Crippen LogP contribution in [-0.4, -0.2) is 34.6 Å². The molecule has 1 N–H and O–H groups in total. The zero-order chi connectivity index (χ0) is 23.8. The Morgan fingerprint density at radius 3 is 2.36 bits per heavy atom. The van der Waals surface area contributed by atoms with Crippen LogP contribution in [0.2, 0.25) is 15.1 Å². The molecule has 2 amide bonds. The molecule has 0 radical (unpaired) electrons. The molecule has 3 rings (SSSR count). The van der Waals surface area contributed by atoms with Crippen molar-refractivity contribution in [2.45, 2.75) is 69.0 Å². The predicted molar refractivity (Wildman–Crippen MR) is 138 cm³/mol. The molecular weight excluding hydrogens is 499 g/mol. The minimum atomic E-state index is -0.605. The van der Waals surface area contributed by atoms with Gasteiger partial charge in [-0.3, -0.25) is 9.59 Å². The van der Waals surface area contributed by atoms with E-state index in [1.165, 1.54) is 6.42 Å². The molecule has 0 bridgehead atoms. The van der Waals surface area contributed by atoms with Crippen LogP contribution < -0.4 is 5.32 Å². The minimum Gasteiger partial charge on any atom is -0.352 e. The van der Waals surface area contributed by atoms with Crippen molar-refractivity contribution in [3.8, 4) is 0 Å². The first-order valence-corrected chi connectivity index (χ1v) is 13.4. The zero-order valence-corrected chi connectivity index (χ0v) is 21.7. The molecule has 33 heavy (non-hydrogen) atoms. The van der Waals surface area contributed by atoms with E-state index in [0.29, 0.717) is 27.2 Å². The van der Waals surface area contributed by atoms with E-state index in [4.69, 9.17) is 34.8 Å². The Hall–Kier alpha value is -1.40. The summed E-state index contributed by atoms with van der Waals surface area (Å²) in [5, 5.41) is 4.84. The van der Waals surface area contributed by atoms with Gasteiger partial charge in [0.25, 0.3) is 0 Å². The number of nitrogens with one attached hydrogen (secondary N) is 1. The van der Waals surface area contributed by atoms with Gasteiger partial charge in [0.15, 0.2) is 0 Å². The maximum atomic E-state index is 13.3. The molecule has 1 atom stereocenters. The van der Waals surface area contributed by atoms with Gasteiger partial charge in [-0.25, -0.2) is 0 Å². The minimum absolute atomic E-state index is 0.0891. The van der Waals surface area contributed by atoms with Crippen LogP contribution in [0.25, 0.3) is 0 Å². The maximum Gasteiger partial charge on any atom is 0.242 e. The van der Waals surface area contributed by atoms with Gasteiger partial charge in [-0.1, -0.05) is 60.1 Å². The molecule has 1 saturated carbocycles. The van der Waals surface area contributed by atoms with E-state index in [2.05, 4.69) is 5.32 Å². The lowest BCUT2D eigenvalue weighted by Crippen LogP contribution is -2.50. The molecule has 2 aromatic rings. The number of halogens is 3. The Morgan fingerprint density at radius 2 is 1.70 bits per heavy atom. The molecule has 0 saturated heterocycles. The van der Waals surface area contributed by atoms with Crippen LogP contribution in [0.4, 0.5) is 0 Å². The molecule has 8 heteroatoms. The molecular formula is C25H29Cl3N2O2S. The summed E-state index contributed by atoms with van der Waals surface area (Å²) in [6, 6.07) is 12.3. The predicted octanol–water partition coefficient (Wildman–Crippen LogP) is 7.00. The van der Waals surface area contributed by atoms with Crippen molar-refractivity contribution in [2.75, 3.05) is 5.75 Å². The largest absolute Gasteiger partial charge is 0.352 e. The van der Waals surface area contributed by atoms with E-state index in [-0.39, 0.29) is 24.4 Å². The number of rotatable bonds is 9. The average Bonchev–Trinajstić information content (AvgIpc) is 2.80. The van der Waals surface area contributed by atoms with Crippen LogP contribution in [0.15, 0.2) is 47.4 Å². The number of amides is 2. The second-order valence-corrected chi connectivity index (χ2v) is 10.8. The van der Waals surface area contributed by atoms with Gasteiger partial charge < -0.3 is 10.2 Å². The molecule has 1 unspecified atom stereocenters. The lowest BCUT2D eigenvalue weighted by Gasteiger charge is -2.31. The third kappa shape index (κ3) is 8.10. The highest BCUT2D eigenvalue weighted by Gasteiger charge is 2.28. The summed E-state index contributed by atoms with van der Waals surface area (Å²) >= 11 is 19.9. The summed E-state index contributed by atoms with van der Waals surface area (Å²) in [7, 11) is 0. The summed E-state index contributed by atoms with van der Waals surface area (Å²) in [5.41, 5.74) is 0.761. The number of hydrogen-bond acceptors (Lipinski definition) is 3. The molecule has 2 aromatic carbocycles. The topological polar surface area (TPSA) is 49.4 Å². The maximum absolute atomic E-state index is 13.3. The van der Waals surface area contributed by atoms with E-state index >= 15 is 0 Å². The van der Waals surface area contributed by atoms with Crippen molar-refractivity contribution in [1.82, 2.24) is 10.2 Å². The zero-order valence-electron chi connectivity index (χ0n) is 18.7. The first-order valence-electron chi connectivity index (χ1n) is 11.3. The van der Waals surface area contributed by atoms with Crippen molar-refractivity contribution >= 4 is 58.4 Å². The normalized spacial score (nSPS) is 15.2. The standard InChI is InChI=1S/C25H29Cl3N2O2S/c1-17(25(32)29-21-5-3-2-4-6-21)30(16-18-7-8-20(27)15-23(18)28)24(31)13-14-33-22-11-9-19(26)10-12-22/h7-12,15,17,21H,2-6,13-14,16H2,1H3,(H,29,32). The Bertz CT molecular complexity index is 949. The average molecular weight is 528 g/mol. The van der Waals surface area contributed by atoms with E-state index in [1.807, 2.05) is 24.3 Å². The summed E-state index contributed by atoms with van der Waals surface area (Å²) in [4.78, 5) is 29.0. The van der Waals surface area contributed by atoms with E-state index in [0.717, 1.165) is 36.1 Å². The summed E-state index contributed by atoms with van der Waals surface area (Å²) in [6.45, 7) is 2.03. The van der Waals surface area contributed by atoms with E-state index < -0.39 is 6.04 Å².